The Morgan fingerprint density at radius 2 is 1.86 bits per heavy atom. The summed E-state index contributed by atoms with van der Waals surface area (Å²) >= 11 is 5.28. The number of hydrogen-bond donors (Lipinski definition) is 3. The number of carbonyl (C=O) groups is 3. The number of nitrogens with zero attached hydrogens (tertiary/aromatic N) is 1. The fourth-order valence-corrected chi connectivity index (χ4v) is 3.67. The Morgan fingerprint density at radius 1 is 1.14 bits per heavy atom. The monoisotopic (exact) mass is 510 g/mol. The van der Waals surface area contributed by atoms with Crippen molar-refractivity contribution in [3.63, 3.8) is 0 Å². The van der Waals surface area contributed by atoms with Crippen molar-refractivity contribution >= 4 is 41.4 Å². The molecule has 0 fully saturated rings. The zero-order chi connectivity index (χ0) is 26.1. The maximum atomic E-state index is 12.6. The number of ether oxygens (including phenoxy) is 3. The molecule has 0 aliphatic carbocycles. The molecule has 2 aromatic carbocycles. The van der Waals surface area contributed by atoms with Crippen LogP contribution < -0.4 is 25.5 Å². The van der Waals surface area contributed by atoms with E-state index in [0.717, 1.165) is 0 Å². The molecule has 36 heavy (non-hydrogen) atoms. The van der Waals surface area contributed by atoms with E-state index in [2.05, 4.69) is 21.2 Å². The van der Waals surface area contributed by atoms with Crippen LogP contribution in [0.4, 0.5) is 0 Å². The predicted octanol–water partition coefficient (Wildman–Crippen LogP) is 2.50. The lowest BCUT2D eigenvalue weighted by atomic mass is 9.95. The molecule has 2 aromatic rings. The highest BCUT2D eigenvalue weighted by atomic mass is 32.1. The van der Waals surface area contributed by atoms with Gasteiger partial charge in [0.05, 0.1) is 24.4 Å². The van der Waals surface area contributed by atoms with Crippen LogP contribution in [0.15, 0.2) is 64.9 Å². The summed E-state index contributed by atoms with van der Waals surface area (Å²) in [6.45, 7) is 4.70. The lowest BCUT2D eigenvalue weighted by Crippen LogP contribution is -2.45. The molecule has 0 aromatic heterocycles. The molecule has 3 N–H and O–H groups in total. The molecule has 1 amide bonds. The summed E-state index contributed by atoms with van der Waals surface area (Å²) in [6.07, 6.45) is 1.45. The normalized spacial score (nSPS) is 15.1. The molecule has 1 aliphatic heterocycles. The van der Waals surface area contributed by atoms with E-state index >= 15 is 0 Å². The maximum Gasteiger partial charge on any atom is 0.338 e. The Morgan fingerprint density at radius 3 is 2.56 bits per heavy atom. The molecule has 11 heteroatoms. The van der Waals surface area contributed by atoms with Crippen molar-refractivity contribution < 1.29 is 28.6 Å². The number of nitrogens with one attached hydrogen (secondary N) is 3. The minimum atomic E-state index is -0.620. The minimum absolute atomic E-state index is 0.224. The summed E-state index contributed by atoms with van der Waals surface area (Å²) < 4.78 is 15.9. The molecule has 188 valence electrons. The number of thiocarbonyl (C=S) groups is 1. The molecule has 1 atom stereocenters. The lowest BCUT2D eigenvalue weighted by molar-refractivity contribution is -0.139. The van der Waals surface area contributed by atoms with Crippen molar-refractivity contribution in [2.45, 2.75) is 26.8 Å². The lowest BCUT2D eigenvalue weighted by Gasteiger charge is -2.30. The molecular weight excluding hydrogens is 484 g/mol. The average molecular weight is 511 g/mol. The first-order chi connectivity index (χ1) is 17.3. The topological polar surface area (TPSA) is 127 Å². The first-order valence-corrected chi connectivity index (χ1v) is 11.5. The van der Waals surface area contributed by atoms with Crippen LogP contribution in [0.25, 0.3) is 0 Å². The minimum Gasteiger partial charge on any atom is -0.483 e. The Balaban J connectivity index is 1.65. The van der Waals surface area contributed by atoms with Crippen LogP contribution in [0.3, 0.4) is 0 Å². The fourth-order valence-electron chi connectivity index (χ4n) is 3.40. The summed E-state index contributed by atoms with van der Waals surface area (Å²) in [5.74, 6) is -0.563. The van der Waals surface area contributed by atoms with Gasteiger partial charge < -0.3 is 24.8 Å². The molecule has 3 rings (SSSR count). The molecule has 1 heterocycles. The van der Waals surface area contributed by atoms with Gasteiger partial charge in [0.2, 0.25) is 0 Å². The maximum absolute atomic E-state index is 12.6. The number of benzene rings is 2. The summed E-state index contributed by atoms with van der Waals surface area (Å²) in [4.78, 5) is 35.9. The molecule has 0 unspecified atom stereocenters. The van der Waals surface area contributed by atoms with Crippen LogP contribution in [0.5, 0.6) is 11.5 Å². The first kappa shape index (κ1) is 26.4. The van der Waals surface area contributed by atoms with Gasteiger partial charge in [-0.25, -0.2) is 10.2 Å². The van der Waals surface area contributed by atoms with Gasteiger partial charge in [0.25, 0.3) is 5.91 Å². The summed E-state index contributed by atoms with van der Waals surface area (Å²) in [5.41, 5.74) is 4.65. The van der Waals surface area contributed by atoms with E-state index in [1.54, 1.807) is 62.4 Å². The number of amides is 1. The van der Waals surface area contributed by atoms with Gasteiger partial charge in [-0.15, -0.1) is 0 Å². The van der Waals surface area contributed by atoms with Crippen molar-refractivity contribution in [3.8, 4) is 11.5 Å². The van der Waals surface area contributed by atoms with E-state index in [-0.39, 0.29) is 13.2 Å². The van der Waals surface area contributed by atoms with E-state index in [1.165, 1.54) is 13.1 Å². The molecule has 1 aliphatic rings. The van der Waals surface area contributed by atoms with Crippen LogP contribution in [0.1, 0.15) is 37.9 Å². The molecule has 0 radical (unpaired) electrons. The van der Waals surface area contributed by atoms with Gasteiger partial charge in [0, 0.05) is 18.2 Å². The predicted molar refractivity (Wildman–Crippen MR) is 136 cm³/mol. The fraction of sp³-hybridized carbons (Fsp3) is 0.240. The van der Waals surface area contributed by atoms with Gasteiger partial charge in [0.15, 0.2) is 11.7 Å². The van der Waals surface area contributed by atoms with Gasteiger partial charge in [-0.2, -0.15) is 5.10 Å². The van der Waals surface area contributed by atoms with Crippen molar-refractivity contribution in [1.29, 1.82) is 0 Å². The number of hydrogen-bond acceptors (Lipinski definition) is 8. The molecule has 10 nitrogen and oxygen atoms in total. The number of hydrazone groups is 1. The molecular formula is C25H26N4O6S. The number of carbonyl (C=O) groups excluding carboxylic acids is 3. The van der Waals surface area contributed by atoms with Crippen LogP contribution in [0.2, 0.25) is 0 Å². The quantitative estimate of drug-likeness (QED) is 0.153. The largest absolute Gasteiger partial charge is 0.483 e. The van der Waals surface area contributed by atoms with Gasteiger partial charge in [0.1, 0.15) is 11.5 Å². The number of rotatable bonds is 9. The van der Waals surface area contributed by atoms with Crippen LogP contribution >= 0.6 is 12.2 Å². The Labute approximate surface area is 213 Å². The second kappa shape index (κ2) is 12.5. The highest BCUT2D eigenvalue weighted by molar-refractivity contribution is 7.80. The number of esters is 2. The van der Waals surface area contributed by atoms with Gasteiger partial charge in [-0.3, -0.25) is 9.59 Å². The summed E-state index contributed by atoms with van der Waals surface area (Å²) in [7, 11) is 0. The van der Waals surface area contributed by atoms with Gasteiger partial charge in [-0.05, 0) is 62.0 Å². The zero-order valence-electron chi connectivity index (χ0n) is 20.0. The zero-order valence-corrected chi connectivity index (χ0v) is 20.8. The van der Waals surface area contributed by atoms with E-state index in [0.29, 0.717) is 39.0 Å². The van der Waals surface area contributed by atoms with Crippen molar-refractivity contribution in [3.05, 3.63) is 70.9 Å². The van der Waals surface area contributed by atoms with E-state index in [4.69, 9.17) is 26.4 Å². The molecule has 0 saturated heterocycles. The second-order valence-electron chi connectivity index (χ2n) is 7.57. The Kier molecular flexibility index (Phi) is 9.12. The van der Waals surface area contributed by atoms with E-state index < -0.39 is 23.9 Å². The van der Waals surface area contributed by atoms with Crippen LogP contribution in [0, 0.1) is 0 Å². The third kappa shape index (κ3) is 7.12. The third-order valence-corrected chi connectivity index (χ3v) is 5.12. The standard InChI is InChI=1S/C25H26N4O6S/c1-4-33-24(32)22-15(2)27-25(36)28-23(22)19-7-5-6-8-20(19)34-14-21(31)29-26-13-17-9-11-18(12-10-17)35-16(3)30/h5-13,23H,4,14H2,1-3H3,(H,29,31)(H2,27,28,36)/t23-/m1/s1. The van der Waals surface area contributed by atoms with Gasteiger partial charge in [-0.1, -0.05) is 18.2 Å². The smallest absolute Gasteiger partial charge is 0.338 e. The Bertz CT molecular complexity index is 1210. The molecule has 0 bridgehead atoms. The number of allylic oxidation sites excluding steroid dienone is 1. The molecule has 0 saturated carbocycles. The molecule has 0 spiro atoms. The summed E-state index contributed by atoms with van der Waals surface area (Å²) in [5, 5.41) is 10.3. The average Bonchev–Trinajstić information content (AvgIpc) is 2.83. The highest BCUT2D eigenvalue weighted by Crippen LogP contribution is 2.33. The SMILES string of the molecule is CCOC(=O)C1=C(C)NC(=S)N[C@@H]1c1ccccc1OCC(=O)NN=Cc1ccc(OC(C)=O)cc1. The summed E-state index contributed by atoms with van der Waals surface area (Å²) in [6, 6.07) is 13.0. The van der Waals surface area contributed by atoms with Crippen molar-refractivity contribution in [1.82, 2.24) is 16.1 Å². The van der Waals surface area contributed by atoms with Crippen molar-refractivity contribution in [2.75, 3.05) is 13.2 Å². The van der Waals surface area contributed by atoms with Crippen LogP contribution in [-0.4, -0.2) is 42.4 Å². The first-order valence-electron chi connectivity index (χ1n) is 11.1. The Hall–Kier alpha value is -4.25. The second-order valence-corrected chi connectivity index (χ2v) is 7.98. The van der Waals surface area contributed by atoms with Crippen molar-refractivity contribution in [2.24, 2.45) is 5.10 Å². The third-order valence-electron chi connectivity index (χ3n) is 4.90. The van der Waals surface area contributed by atoms with Crippen LogP contribution in [-0.2, 0) is 19.1 Å². The van der Waals surface area contributed by atoms with Gasteiger partial charge >= 0.3 is 11.9 Å². The number of para-hydroxylation sites is 1. The highest BCUT2D eigenvalue weighted by Gasteiger charge is 2.32. The van der Waals surface area contributed by atoms with E-state index in [9.17, 15) is 14.4 Å². The van der Waals surface area contributed by atoms with E-state index in [1.807, 2.05) is 0 Å².